The van der Waals surface area contributed by atoms with Gasteiger partial charge in [0.25, 0.3) is 0 Å². The van der Waals surface area contributed by atoms with Gasteiger partial charge in [-0.15, -0.1) is 0 Å². The smallest absolute Gasteiger partial charge is 0.159 e. The molecule has 0 N–H and O–H groups in total. The maximum atomic E-state index is 11.5. The quantitative estimate of drug-likeness (QED) is 0.599. The molecule has 2 aliphatic carbocycles. The topological polar surface area (TPSA) is 17.1 Å². The monoisotopic (exact) mass is 308 g/mol. The van der Waals surface area contributed by atoms with Crippen LogP contribution >= 0.6 is 0 Å². The molecule has 0 saturated carbocycles. The maximum Gasteiger partial charge on any atom is 0.159 e. The maximum absolute atomic E-state index is 11.5. The minimum absolute atomic E-state index is 0. The van der Waals surface area contributed by atoms with Crippen LogP contribution in [0.1, 0.15) is 75.4 Å². The van der Waals surface area contributed by atoms with Crippen LogP contribution in [0.15, 0.2) is 46.6 Å². The Hall–Kier alpha value is -1.89. The van der Waals surface area contributed by atoms with Crippen LogP contribution in [0.3, 0.4) is 0 Å². The average Bonchev–Trinajstić information content (AvgIpc) is 2.49. The Morgan fingerprint density at radius 1 is 1.04 bits per heavy atom. The first-order valence-corrected chi connectivity index (χ1v) is 8.22. The molecule has 0 heterocycles. The normalized spacial score (nSPS) is 17.0. The standard InChI is InChI=1S/C21H24O.CH4/c1-14-4-6-18(15(2)10-14)11-17-5-7-21-13-19(16(3)22)8-9-20(21)12-17;/h8-10,12-13H,4-7,11H2,1-3H3;1H4. The number of benzene rings is 1. The van der Waals surface area contributed by atoms with Gasteiger partial charge >= 0.3 is 0 Å². The molecule has 0 saturated heterocycles. The lowest BCUT2D eigenvalue weighted by Gasteiger charge is -2.21. The fourth-order valence-corrected chi connectivity index (χ4v) is 3.50. The molecule has 122 valence electrons. The zero-order valence-electron chi connectivity index (χ0n) is 13.8. The Labute approximate surface area is 140 Å². The van der Waals surface area contributed by atoms with Crippen molar-refractivity contribution in [3.63, 3.8) is 0 Å². The molecule has 0 fully saturated rings. The van der Waals surface area contributed by atoms with Crippen LogP contribution in [0, 0.1) is 0 Å². The van der Waals surface area contributed by atoms with E-state index in [1.807, 2.05) is 6.07 Å². The molecule has 0 bridgehead atoms. The van der Waals surface area contributed by atoms with Gasteiger partial charge in [0, 0.05) is 5.56 Å². The van der Waals surface area contributed by atoms with Gasteiger partial charge in [-0.1, -0.05) is 54.0 Å². The molecule has 2 aliphatic rings. The van der Waals surface area contributed by atoms with Crippen molar-refractivity contribution in [3.05, 3.63) is 63.3 Å². The van der Waals surface area contributed by atoms with Crippen molar-refractivity contribution < 1.29 is 4.79 Å². The Morgan fingerprint density at radius 2 is 1.83 bits per heavy atom. The van der Waals surface area contributed by atoms with E-state index in [1.54, 1.807) is 12.5 Å². The van der Waals surface area contributed by atoms with E-state index >= 15 is 0 Å². The summed E-state index contributed by atoms with van der Waals surface area (Å²) in [5.41, 5.74) is 9.55. The second-order valence-corrected chi connectivity index (χ2v) is 6.73. The Kier molecular flexibility index (Phi) is 5.41. The highest BCUT2D eigenvalue weighted by Gasteiger charge is 2.15. The van der Waals surface area contributed by atoms with Crippen molar-refractivity contribution in [1.82, 2.24) is 0 Å². The van der Waals surface area contributed by atoms with Gasteiger partial charge in [-0.05, 0) is 70.1 Å². The first-order chi connectivity index (χ1) is 10.5. The van der Waals surface area contributed by atoms with Crippen LogP contribution in [-0.4, -0.2) is 5.78 Å². The van der Waals surface area contributed by atoms with Crippen molar-refractivity contribution in [1.29, 1.82) is 0 Å². The fourth-order valence-electron chi connectivity index (χ4n) is 3.50. The number of hydrogen-bond acceptors (Lipinski definition) is 1. The summed E-state index contributed by atoms with van der Waals surface area (Å²) in [5, 5.41) is 0. The van der Waals surface area contributed by atoms with Gasteiger partial charge in [-0.25, -0.2) is 0 Å². The van der Waals surface area contributed by atoms with Crippen molar-refractivity contribution in [2.75, 3.05) is 0 Å². The SMILES string of the molecule is C.CC(=O)c1ccc2c(c1)CCC(CC1=C(C)C=C(C)CC1)=C2. The zero-order chi connectivity index (χ0) is 15.7. The average molecular weight is 308 g/mol. The van der Waals surface area contributed by atoms with Crippen LogP contribution in [0.4, 0.5) is 0 Å². The van der Waals surface area contributed by atoms with Crippen molar-refractivity contribution >= 4 is 11.9 Å². The van der Waals surface area contributed by atoms with Crippen molar-refractivity contribution in [2.24, 2.45) is 0 Å². The van der Waals surface area contributed by atoms with Gasteiger partial charge in [0.15, 0.2) is 5.78 Å². The molecule has 0 atom stereocenters. The molecule has 1 aromatic carbocycles. The number of allylic oxidation sites excluding steroid dienone is 5. The van der Waals surface area contributed by atoms with E-state index in [9.17, 15) is 4.79 Å². The van der Waals surface area contributed by atoms with E-state index in [0.29, 0.717) is 0 Å². The van der Waals surface area contributed by atoms with Crippen LogP contribution in [0.25, 0.3) is 6.08 Å². The lowest BCUT2D eigenvalue weighted by Crippen LogP contribution is -2.04. The third-order valence-corrected chi connectivity index (χ3v) is 4.91. The molecule has 0 aliphatic heterocycles. The first-order valence-electron chi connectivity index (χ1n) is 8.22. The molecule has 1 aromatic rings. The number of hydrogen-bond donors (Lipinski definition) is 0. The minimum atomic E-state index is 0. The molecule has 0 aromatic heterocycles. The summed E-state index contributed by atoms with van der Waals surface area (Å²) in [5.74, 6) is 0.155. The molecule has 1 nitrogen and oxygen atoms in total. The van der Waals surface area contributed by atoms with E-state index in [4.69, 9.17) is 0 Å². The highest BCUT2D eigenvalue weighted by Crippen LogP contribution is 2.33. The second-order valence-electron chi connectivity index (χ2n) is 6.73. The summed E-state index contributed by atoms with van der Waals surface area (Å²) >= 11 is 0. The summed E-state index contributed by atoms with van der Waals surface area (Å²) < 4.78 is 0. The van der Waals surface area contributed by atoms with Gasteiger partial charge in [-0.3, -0.25) is 4.79 Å². The Bertz CT molecular complexity index is 713. The highest BCUT2D eigenvalue weighted by atomic mass is 16.1. The summed E-state index contributed by atoms with van der Waals surface area (Å²) in [6.07, 6.45) is 10.4. The number of Topliss-reactive ketones (excluding diaryl/α,β-unsaturated/α-hetero) is 1. The molecule has 0 radical (unpaired) electrons. The van der Waals surface area contributed by atoms with Crippen LogP contribution in [0.2, 0.25) is 0 Å². The molecule has 0 amide bonds. The molecule has 3 rings (SSSR count). The van der Waals surface area contributed by atoms with Gasteiger partial charge in [0.2, 0.25) is 0 Å². The predicted octanol–water partition coefficient (Wildman–Crippen LogP) is 6.30. The van der Waals surface area contributed by atoms with Gasteiger partial charge < -0.3 is 0 Å². The predicted molar refractivity (Wildman–Crippen MR) is 99.8 cm³/mol. The van der Waals surface area contributed by atoms with E-state index in [1.165, 1.54) is 40.7 Å². The zero-order valence-corrected chi connectivity index (χ0v) is 13.8. The van der Waals surface area contributed by atoms with Crippen LogP contribution in [0.5, 0.6) is 0 Å². The molecule has 23 heavy (non-hydrogen) atoms. The largest absolute Gasteiger partial charge is 0.295 e. The fraction of sp³-hybridized carbons (Fsp3) is 0.409. The number of aryl methyl sites for hydroxylation is 1. The summed E-state index contributed by atoms with van der Waals surface area (Å²) in [6.45, 7) is 6.11. The van der Waals surface area contributed by atoms with E-state index in [2.05, 4.69) is 38.1 Å². The first kappa shape index (κ1) is 17.5. The number of rotatable bonds is 3. The summed E-state index contributed by atoms with van der Waals surface area (Å²) in [4.78, 5) is 11.5. The van der Waals surface area contributed by atoms with E-state index in [-0.39, 0.29) is 13.2 Å². The number of fused-ring (bicyclic) bond motifs is 1. The minimum Gasteiger partial charge on any atom is -0.295 e. The Morgan fingerprint density at radius 3 is 2.52 bits per heavy atom. The lowest BCUT2D eigenvalue weighted by molar-refractivity contribution is 0.101. The second kappa shape index (κ2) is 7.12. The molecular weight excluding hydrogens is 280 g/mol. The lowest BCUT2D eigenvalue weighted by atomic mass is 9.84. The summed E-state index contributed by atoms with van der Waals surface area (Å²) in [6, 6.07) is 6.14. The number of ketones is 1. The van der Waals surface area contributed by atoms with E-state index in [0.717, 1.165) is 24.8 Å². The third-order valence-electron chi connectivity index (χ3n) is 4.91. The number of carbonyl (C=O) groups is 1. The molecule has 0 unspecified atom stereocenters. The van der Waals surface area contributed by atoms with Gasteiger partial charge in [0.05, 0.1) is 0 Å². The molecule has 0 spiro atoms. The van der Waals surface area contributed by atoms with Gasteiger partial charge in [-0.2, -0.15) is 0 Å². The molecule has 1 heteroatoms. The van der Waals surface area contributed by atoms with Crippen molar-refractivity contribution in [3.8, 4) is 0 Å². The number of carbonyl (C=O) groups excluding carboxylic acids is 1. The van der Waals surface area contributed by atoms with Gasteiger partial charge in [0.1, 0.15) is 0 Å². The highest BCUT2D eigenvalue weighted by molar-refractivity contribution is 5.94. The van der Waals surface area contributed by atoms with Crippen LogP contribution < -0.4 is 0 Å². The van der Waals surface area contributed by atoms with E-state index < -0.39 is 0 Å². The Balaban J connectivity index is 0.00000192. The van der Waals surface area contributed by atoms with Crippen LogP contribution in [-0.2, 0) is 6.42 Å². The van der Waals surface area contributed by atoms with Crippen molar-refractivity contribution in [2.45, 2.75) is 60.3 Å². The summed E-state index contributed by atoms with van der Waals surface area (Å²) in [7, 11) is 0. The molecular formula is C22H28O. The third kappa shape index (κ3) is 3.90.